The summed E-state index contributed by atoms with van der Waals surface area (Å²) in [5.74, 6) is -3.13. The van der Waals surface area contributed by atoms with Crippen LogP contribution in [-0.2, 0) is 4.79 Å². The van der Waals surface area contributed by atoms with Gasteiger partial charge >= 0.3 is 5.97 Å². The molecule has 32 heavy (non-hydrogen) atoms. The number of ether oxygens (including phenoxy) is 1. The zero-order valence-corrected chi connectivity index (χ0v) is 18.4. The second kappa shape index (κ2) is 8.71. The van der Waals surface area contributed by atoms with Crippen molar-refractivity contribution in [2.75, 3.05) is 5.75 Å². The lowest BCUT2D eigenvalue weighted by Gasteiger charge is -2.16. The maximum absolute atomic E-state index is 13.8. The predicted octanol–water partition coefficient (Wildman–Crippen LogP) is 4.47. The summed E-state index contributed by atoms with van der Waals surface area (Å²) in [6.07, 6.45) is 0. The van der Waals surface area contributed by atoms with Gasteiger partial charge in [-0.3, -0.25) is 19.9 Å². The molecular formula is C21H16ClF2N5O2S. The van der Waals surface area contributed by atoms with Crippen LogP contribution in [0.15, 0.2) is 41.6 Å². The van der Waals surface area contributed by atoms with E-state index in [4.69, 9.17) is 21.7 Å². The molecule has 0 aliphatic carbocycles. The summed E-state index contributed by atoms with van der Waals surface area (Å²) in [6, 6.07) is 7.95. The molecule has 2 heterocycles. The van der Waals surface area contributed by atoms with Gasteiger partial charge in [0.1, 0.15) is 11.3 Å². The van der Waals surface area contributed by atoms with Gasteiger partial charge in [0.25, 0.3) is 0 Å². The molecule has 164 valence electrons. The standard InChI is InChI=1S/C21H16ClF2N5O2S/c1-10-13(22)4-3-5-15(10)29-19(25)18-11(2)27-28-20(18)26-21(29)32-9-17(30)31-16-7-6-12(23)8-14(16)24/h3-8,25H,9H2,1-2H3,(H,27,28). The molecule has 0 unspecified atom stereocenters. The fraction of sp³-hybridized carbons (Fsp3) is 0.143. The minimum Gasteiger partial charge on any atom is -0.423 e. The SMILES string of the molecule is Cc1c(Cl)cccc1-n1c(SCC(=O)Oc2ccc(F)cc2F)nc2n[nH]c(C)c2c1=N. The van der Waals surface area contributed by atoms with Gasteiger partial charge in [0, 0.05) is 16.8 Å². The van der Waals surface area contributed by atoms with E-state index in [0.717, 1.165) is 29.5 Å². The zero-order valence-electron chi connectivity index (χ0n) is 16.9. The lowest BCUT2D eigenvalue weighted by Crippen LogP contribution is -2.23. The summed E-state index contributed by atoms with van der Waals surface area (Å²) >= 11 is 7.28. The second-order valence-corrected chi connectivity index (χ2v) is 8.20. The van der Waals surface area contributed by atoms with E-state index in [2.05, 4.69) is 15.2 Å². The molecule has 0 aliphatic rings. The van der Waals surface area contributed by atoms with Crippen molar-refractivity contribution in [2.45, 2.75) is 19.0 Å². The first-order valence-electron chi connectivity index (χ1n) is 9.32. The number of carbonyl (C=O) groups is 1. The maximum Gasteiger partial charge on any atom is 0.321 e. The number of nitrogens with one attached hydrogen (secondary N) is 2. The molecule has 0 radical (unpaired) electrons. The molecule has 4 rings (SSSR count). The van der Waals surface area contributed by atoms with Crippen LogP contribution in [0, 0.1) is 30.9 Å². The summed E-state index contributed by atoms with van der Waals surface area (Å²) < 4.78 is 33.4. The average Bonchev–Trinajstić information content (AvgIpc) is 3.12. The highest BCUT2D eigenvalue weighted by atomic mass is 35.5. The zero-order chi connectivity index (χ0) is 23.0. The fourth-order valence-electron chi connectivity index (χ4n) is 3.12. The van der Waals surface area contributed by atoms with E-state index in [1.807, 2.05) is 6.92 Å². The number of aromatic amines is 1. The summed E-state index contributed by atoms with van der Waals surface area (Å²) in [5, 5.41) is 17.0. The third-order valence-corrected chi connectivity index (χ3v) is 6.02. The molecule has 2 aromatic carbocycles. The van der Waals surface area contributed by atoms with Gasteiger partial charge in [-0.25, -0.2) is 13.8 Å². The molecule has 0 fully saturated rings. The molecule has 11 heteroatoms. The Kier molecular flexibility index (Phi) is 5.98. The highest BCUT2D eigenvalue weighted by molar-refractivity contribution is 7.99. The van der Waals surface area contributed by atoms with Gasteiger partial charge in [-0.1, -0.05) is 29.4 Å². The van der Waals surface area contributed by atoms with E-state index in [-0.39, 0.29) is 17.0 Å². The number of rotatable bonds is 5. The van der Waals surface area contributed by atoms with Crippen molar-refractivity contribution in [3.8, 4) is 11.4 Å². The first-order valence-corrected chi connectivity index (χ1v) is 10.7. The molecule has 0 aliphatic heterocycles. The number of hydrogen-bond acceptors (Lipinski definition) is 6. The van der Waals surface area contributed by atoms with Crippen LogP contribution < -0.4 is 10.2 Å². The van der Waals surface area contributed by atoms with Gasteiger partial charge in [-0.05, 0) is 43.7 Å². The van der Waals surface area contributed by atoms with Crippen LogP contribution in [0.5, 0.6) is 5.75 Å². The lowest BCUT2D eigenvalue weighted by molar-refractivity contribution is -0.131. The third-order valence-electron chi connectivity index (χ3n) is 4.70. The Balaban J connectivity index is 1.71. The quantitative estimate of drug-likeness (QED) is 0.192. The van der Waals surface area contributed by atoms with E-state index in [9.17, 15) is 13.6 Å². The average molecular weight is 476 g/mol. The predicted molar refractivity (Wildman–Crippen MR) is 116 cm³/mol. The molecule has 0 saturated heterocycles. The minimum atomic E-state index is -0.979. The number of benzene rings is 2. The Hall–Kier alpha value is -3.24. The number of hydrogen-bond donors (Lipinski definition) is 2. The van der Waals surface area contributed by atoms with E-state index < -0.39 is 17.6 Å². The van der Waals surface area contributed by atoms with E-state index in [1.165, 1.54) is 0 Å². The minimum absolute atomic E-state index is 0.118. The van der Waals surface area contributed by atoms with Crippen molar-refractivity contribution in [3.05, 3.63) is 69.8 Å². The van der Waals surface area contributed by atoms with Crippen LogP contribution in [0.1, 0.15) is 11.3 Å². The molecule has 4 aromatic rings. The number of carbonyl (C=O) groups excluding carboxylic acids is 1. The van der Waals surface area contributed by atoms with Crippen molar-refractivity contribution >= 4 is 40.4 Å². The molecular weight excluding hydrogens is 460 g/mol. The maximum atomic E-state index is 13.8. The topological polar surface area (TPSA) is 96.7 Å². The molecule has 0 bridgehead atoms. The number of esters is 1. The normalized spacial score (nSPS) is 11.2. The molecule has 2 N–H and O–H groups in total. The van der Waals surface area contributed by atoms with Crippen molar-refractivity contribution in [2.24, 2.45) is 0 Å². The van der Waals surface area contributed by atoms with Crippen LogP contribution >= 0.6 is 23.4 Å². The highest BCUT2D eigenvalue weighted by Crippen LogP contribution is 2.27. The summed E-state index contributed by atoms with van der Waals surface area (Å²) in [7, 11) is 0. The molecule has 0 amide bonds. The fourth-order valence-corrected chi connectivity index (χ4v) is 4.07. The number of aromatic nitrogens is 4. The highest BCUT2D eigenvalue weighted by Gasteiger charge is 2.19. The van der Waals surface area contributed by atoms with Crippen molar-refractivity contribution < 1.29 is 18.3 Å². The Labute approximate surface area is 189 Å². The molecule has 0 saturated carbocycles. The first kappa shape index (κ1) is 22.0. The number of aryl methyl sites for hydroxylation is 1. The summed E-state index contributed by atoms with van der Waals surface area (Å²) in [4.78, 5) is 16.8. The number of halogens is 3. The van der Waals surface area contributed by atoms with Gasteiger partial charge in [0.15, 0.2) is 22.4 Å². The van der Waals surface area contributed by atoms with Gasteiger partial charge in [0.05, 0.1) is 16.8 Å². The first-order chi connectivity index (χ1) is 15.3. The third kappa shape index (κ3) is 4.11. The van der Waals surface area contributed by atoms with Crippen molar-refractivity contribution in [1.82, 2.24) is 19.7 Å². The largest absolute Gasteiger partial charge is 0.423 e. The van der Waals surface area contributed by atoms with E-state index >= 15 is 0 Å². The van der Waals surface area contributed by atoms with Crippen LogP contribution in [0.25, 0.3) is 16.7 Å². The lowest BCUT2D eigenvalue weighted by atomic mass is 10.2. The molecule has 0 atom stereocenters. The van der Waals surface area contributed by atoms with Gasteiger partial charge in [0.2, 0.25) is 0 Å². The molecule has 0 spiro atoms. The Morgan fingerprint density at radius 1 is 1.28 bits per heavy atom. The van der Waals surface area contributed by atoms with Crippen LogP contribution in [0.4, 0.5) is 8.78 Å². The summed E-state index contributed by atoms with van der Waals surface area (Å²) in [6.45, 7) is 3.60. The van der Waals surface area contributed by atoms with Crippen LogP contribution in [0.3, 0.4) is 0 Å². The Bertz CT molecular complexity index is 1420. The number of H-pyrrole nitrogens is 1. The van der Waals surface area contributed by atoms with Crippen LogP contribution in [0.2, 0.25) is 5.02 Å². The van der Waals surface area contributed by atoms with Gasteiger partial charge in [-0.15, -0.1) is 0 Å². The van der Waals surface area contributed by atoms with Crippen molar-refractivity contribution in [3.63, 3.8) is 0 Å². The molecule has 7 nitrogen and oxygen atoms in total. The Morgan fingerprint density at radius 2 is 2.06 bits per heavy atom. The van der Waals surface area contributed by atoms with Crippen LogP contribution in [-0.4, -0.2) is 31.5 Å². The number of thioether (sulfide) groups is 1. The van der Waals surface area contributed by atoms with Crippen molar-refractivity contribution in [1.29, 1.82) is 5.41 Å². The molecule has 2 aromatic heterocycles. The number of fused-ring (bicyclic) bond motifs is 1. The number of nitrogens with zero attached hydrogens (tertiary/aromatic N) is 3. The van der Waals surface area contributed by atoms with E-state index in [0.29, 0.717) is 38.7 Å². The summed E-state index contributed by atoms with van der Waals surface area (Å²) in [5.41, 5.74) is 2.47. The second-order valence-electron chi connectivity index (χ2n) is 6.85. The Morgan fingerprint density at radius 3 is 2.81 bits per heavy atom. The van der Waals surface area contributed by atoms with Gasteiger partial charge in [-0.2, -0.15) is 5.10 Å². The van der Waals surface area contributed by atoms with Gasteiger partial charge < -0.3 is 4.74 Å². The van der Waals surface area contributed by atoms with E-state index in [1.54, 1.807) is 29.7 Å². The smallest absolute Gasteiger partial charge is 0.321 e. The monoisotopic (exact) mass is 475 g/mol.